The summed E-state index contributed by atoms with van der Waals surface area (Å²) in [6.45, 7) is 6.05. The maximum absolute atomic E-state index is 12.8. The third kappa shape index (κ3) is 3.38. The molecule has 24 heavy (non-hydrogen) atoms. The maximum Gasteiger partial charge on any atom is 0.240 e. The molecule has 6 heteroatoms. The normalized spacial score (nSPS) is 19.0. The van der Waals surface area contributed by atoms with Gasteiger partial charge in [0.15, 0.2) is 0 Å². The Bertz CT molecular complexity index is 619. The van der Waals surface area contributed by atoms with Gasteiger partial charge in [-0.25, -0.2) is 0 Å². The van der Waals surface area contributed by atoms with Crippen LogP contribution >= 0.6 is 0 Å². The fourth-order valence-electron chi connectivity index (χ4n) is 2.90. The maximum atomic E-state index is 12.8. The molecule has 2 aliphatic rings. The van der Waals surface area contributed by atoms with Gasteiger partial charge in [0.25, 0.3) is 0 Å². The highest BCUT2D eigenvalue weighted by Crippen LogP contribution is 2.48. The van der Waals surface area contributed by atoms with Crippen molar-refractivity contribution in [2.45, 2.75) is 32.8 Å². The first-order chi connectivity index (χ1) is 11.5. The second kappa shape index (κ2) is 6.81. The van der Waals surface area contributed by atoms with E-state index in [-0.39, 0.29) is 17.9 Å². The molecule has 130 valence electrons. The zero-order valence-electron chi connectivity index (χ0n) is 14.2. The third-order valence-corrected chi connectivity index (χ3v) is 4.39. The Kier molecular flexibility index (Phi) is 4.76. The summed E-state index contributed by atoms with van der Waals surface area (Å²) in [5, 5.41) is 2.90. The predicted octanol–water partition coefficient (Wildman–Crippen LogP) is 2.05. The first kappa shape index (κ1) is 16.8. The van der Waals surface area contributed by atoms with Gasteiger partial charge in [-0.3, -0.25) is 9.59 Å². The quantitative estimate of drug-likeness (QED) is 0.838. The van der Waals surface area contributed by atoms with Crippen molar-refractivity contribution in [3.63, 3.8) is 0 Å². The van der Waals surface area contributed by atoms with E-state index in [4.69, 9.17) is 9.47 Å². The van der Waals surface area contributed by atoms with Crippen LogP contribution in [0.2, 0.25) is 0 Å². The molecule has 1 aromatic rings. The molecule has 6 nitrogen and oxygen atoms in total. The van der Waals surface area contributed by atoms with E-state index in [1.54, 1.807) is 11.0 Å². The Labute approximate surface area is 142 Å². The number of rotatable bonds is 5. The number of para-hydroxylation sites is 2. The molecule has 1 aliphatic carbocycles. The van der Waals surface area contributed by atoms with Gasteiger partial charge in [0.2, 0.25) is 11.8 Å². The largest absolute Gasteiger partial charge is 0.489 e. The number of nitrogens with zero attached hydrogens (tertiary/aromatic N) is 1. The van der Waals surface area contributed by atoms with Crippen LogP contribution in [0.3, 0.4) is 0 Å². The van der Waals surface area contributed by atoms with Crippen LogP contribution in [0.5, 0.6) is 5.75 Å². The molecule has 2 amide bonds. The van der Waals surface area contributed by atoms with Gasteiger partial charge >= 0.3 is 0 Å². The Morgan fingerprint density at radius 3 is 2.50 bits per heavy atom. The van der Waals surface area contributed by atoms with Gasteiger partial charge in [-0.15, -0.1) is 0 Å². The van der Waals surface area contributed by atoms with Crippen molar-refractivity contribution < 1.29 is 19.1 Å². The molecule has 1 N–H and O–H groups in total. The summed E-state index contributed by atoms with van der Waals surface area (Å²) >= 11 is 0. The highest BCUT2D eigenvalue weighted by molar-refractivity contribution is 6.13. The molecular weight excluding hydrogens is 308 g/mol. The molecule has 2 fully saturated rings. The minimum absolute atomic E-state index is 0.00733. The van der Waals surface area contributed by atoms with Crippen LogP contribution < -0.4 is 10.1 Å². The summed E-state index contributed by atoms with van der Waals surface area (Å²) in [7, 11) is 0. The monoisotopic (exact) mass is 332 g/mol. The Morgan fingerprint density at radius 2 is 1.88 bits per heavy atom. The first-order valence-electron chi connectivity index (χ1n) is 8.47. The first-order valence-corrected chi connectivity index (χ1v) is 8.47. The molecule has 0 atom stereocenters. The SMILES string of the molecule is CC(C)Oc1ccccc1NC(=O)C1(C(=O)N2CCOCC2)CC1. The smallest absolute Gasteiger partial charge is 0.240 e. The number of morpholine rings is 1. The highest BCUT2D eigenvalue weighted by Gasteiger charge is 2.58. The van der Waals surface area contributed by atoms with E-state index >= 15 is 0 Å². The number of hydrogen-bond acceptors (Lipinski definition) is 4. The zero-order chi connectivity index (χ0) is 17.2. The van der Waals surface area contributed by atoms with E-state index in [1.165, 1.54) is 0 Å². The van der Waals surface area contributed by atoms with Gasteiger partial charge < -0.3 is 19.7 Å². The van der Waals surface area contributed by atoms with E-state index in [0.717, 1.165) is 0 Å². The lowest BCUT2D eigenvalue weighted by Crippen LogP contribution is -2.47. The van der Waals surface area contributed by atoms with Crippen LogP contribution in [0.25, 0.3) is 0 Å². The lowest BCUT2D eigenvalue weighted by atomic mass is 10.0. The van der Waals surface area contributed by atoms with Gasteiger partial charge in [-0.1, -0.05) is 12.1 Å². The lowest BCUT2D eigenvalue weighted by Gasteiger charge is -2.30. The standard InChI is InChI=1S/C18H24N2O4/c1-13(2)24-15-6-4-3-5-14(15)19-16(21)18(7-8-18)17(22)20-9-11-23-12-10-20/h3-6,13H,7-12H2,1-2H3,(H,19,21). The van der Waals surface area contributed by atoms with E-state index in [2.05, 4.69) is 5.32 Å². The second-order valence-corrected chi connectivity index (χ2v) is 6.60. The van der Waals surface area contributed by atoms with E-state index in [9.17, 15) is 9.59 Å². The summed E-state index contributed by atoms with van der Waals surface area (Å²) in [5.74, 6) is 0.305. The number of hydrogen-bond donors (Lipinski definition) is 1. The average Bonchev–Trinajstić information content (AvgIpc) is 3.38. The summed E-state index contributed by atoms with van der Waals surface area (Å²) < 4.78 is 11.0. The molecule has 1 saturated heterocycles. The number of carbonyl (C=O) groups is 2. The molecule has 3 rings (SSSR count). The summed E-state index contributed by atoms with van der Waals surface area (Å²) in [6, 6.07) is 7.31. The minimum atomic E-state index is -0.914. The van der Waals surface area contributed by atoms with Crippen LogP contribution in [0.4, 0.5) is 5.69 Å². The molecule has 0 radical (unpaired) electrons. The van der Waals surface area contributed by atoms with Crippen LogP contribution in [0, 0.1) is 5.41 Å². The molecular formula is C18H24N2O4. The summed E-state index contributed by atoms with van der Waals surface area (Å²) in [6.07, 6.45) is 1.21. The molecule has 1 aliphatic heterocycles. The molecule has 1 saturated carbocycles. The summed E-state index contributed by atoms with van der Waals surface area (Å²) in [4.78, 5) is 27.3. The van der Waals surface area contributed by atoms with Crippen molar-refractivity contribution in [3.05, 3.63) is 24.3 Å². The number of ether oxygens (including phenoxy) is 2. The van der Waals surface area contributed by atoms with Crippen molar-refractivity contribution in [3.8, 4) is 5.75 Å². The number of nitrogens with one attached hydrogen (secondary N) is 1. The van der Waals surface area contributed by atoms with E-state index in [0.29, 0.717) is 50.6 Å². The molecule has 0 spiro atoms. The number of benzene rings is 1. The Morgan fingerprint density at radius 1 is 1.21 bits per heavy atom. The fourth-order valence-corrected chi connectivity index (χ4v) is 2.90. The zero-order valence-corrected chi connectivity index (χ0v) is 14.2. The van der Waals surface area contributed by atoms with Crippen molar-refractivity contribution >= 4 is 17.5 Å². The second-order valence-electron chi connectivity index (χ2n) is 6.60. The van der Waals surface area contributed by atoms with Crippen molar-refractivity contribution in [2.75, 3.05) is 31.6 Å². The van der Waals surface area contributed by atoms with Crippen LogP contribution in [0.15, 0.2) is 24.3 Å². The fraction of sp³-hybridized carbons (Fsp3) is 0.556. The molecule has 1 heterocycles. The van der Waals surface area contributed by atoms with Gasteiger partial charge in [0, 0.05) is 13.1 Å². The van der Waals surface area contributed by atoms with E-state index < -0.39 is 5.41 Å². The predicted molar refractivity (Wildman–Crippen MR) is 89.9 cm³/mol. The summed E-state index contributed by atoms with van der Waals surface area (Å²) in [5.41, 5.74) is -0.306. The van der Waals surface area contributed by atoms with Crippen molar-refractivity contribution in [2.24, 2.45) is 5.41 Å². The third-order valence-electron chi connectivity index (χ3n) is 4.39. The van der Waals surface area contributed by atoms with Gasteiger partial charge in [-0.05, 0) is 38.8 Å². The average molecular weight is 332 g/mol. The topological polar surface area (TPSA) is 67.9 Å². The number of carbonyl (C=O) groups excluding carboxylic acids is 2. The van der Waals surface area contributed by atoms with Crippen LogP contribution in [-0.4, -0.2) is 49.1 Å². The van der Waals surface area contributed by atoms with Crippen molar-refractivity contribution in [1.82, 2.24) is 4.90 Å². The van der Waals surface area contributed by atoms with Gasteiger partial charge in [0.05, 0.1) is 25.0 Å². The van der Waals surface area contributed by atoms with Crippen molar-refractivity contribution in [1.29, 1.82) is 0 Å². The lowest BCUT2D eigenvalue weighted by molar-refractivity contribution is -0.145. The van der Waals surface area contributed by atoms with Gasteiger partial charge in [-0.2, -0.15) is 0 Å². The minimum Gasteiger partial charge on any atom is -0.489 e. The van der Waals surface area contributed by atoms with Crippen LogP contribution in [-0.2, 0) is 14.3 Å². The molecule has 0 bridgehead atoms. The Balaban J connectivity index is 1.72. The van der Waals surface area contributed by atoms with E-state index in [1.807, 2.05) is 32.0 Å². The number of anilines is 1. The number of amides is 2. The molecule has 0 aromatic heterocycles. The Hall–Kier alpha value is -2.08. The molecule has 1 aromatic carbocycles. The molecule has 0 unspecified atom stereocenters. The highest BCUT2D eigenvalue weighted by atomic mass is 16.5. The van der Waals surface area contributed by atoms with Crippen LogP contribution in [0.1, 0.15) is 26.7 Å². The van der Waals surface area contributed by atoms with Gasteiger partial charge in [0.1, 0.15) is 11.2 Å².